The molecular formula is C77H124N16O22S. The Morgan fingerprint density at radius 2 is 1.22 bits per heavy atom. The molecule has 0 saturated heterocycles. The Kier molecular flexibility index (Phi) is 45.8. The normalized spacial score (nSPS) is 14.1. The standard InChI is InChI=1S/C77H124N16O22S/c1-16-49(6)69(89-76(110)77(9,10)90(13)14)75(109)91(15)57(47(2)3)43-59(115-51(8)94)74-87-56(46-116-74)72(107)84-53(18-24-67(103)104)41-52-17-20-58(95)55(42-52)86-62(98)44-82-70(105)50(7)83-73(108)68(48(4)5)88-71(106)54(85-63(99)45-93-65(101)22-23-66(93)102)19-21-64(100)92(31-27-80-60(96)25-33-111-37-39-113-35-29-78-11)32-28-81-61(97)26-34-112-38-40-114-36-30-79-12/h17,20,22-23,42,46-50,53-54,57,59,68-69,78-79,95H,16,18-19,21,24-41,43-45H2,1-15H3,(H,80,96)(H,81,97)(H,82,105)(H,83,108)(H,84,107)(H,85,99)(H,86,98)(H,88,106)(H,89,110)(H,103,104)/t49-,50-,53+,54-,57+,59+,68-,69-/m0/s1. The first-order chi connectivity index (χ1) is 54.8. The molecule has 0 unspecified atom stereocenters. The number of likely N-dealkylation sites (N-methyl/N-ethyl adjacent to an activating group) is 4. The van der Waals surface area contributed by atoms with Crippen molar-refractivity contribution < 1.29 is 106 Å². The van der Waals surface area contributed by atoms with Gasteiger partial charge in [0.2, 0.25) is 59.1 Å². The Balaban J connectivity index is 1.76. The summed E-state index contributed by atoms with van der Waals surface area (Å²) in [5.41, 5.74) is -0.761. The van der Waals surface area contributed by atoms with Crippen LogP contribution in [0.4, 0.5) is 5.69 Å². The van der Waals surface area contributed by atoms with E-state index in [1.54, 1.807) is 72.7 Å². The first-order valence-electron chi connectivity index (χ1n) is 39.0. The fraction of sp³-hybridized carbons (Fsp3) is 0.662. The number of esters is 1. The van der Waals surface area contributed by atoms with Crippen LogP contribution in [0.3, 0.4) is 0 Å². The number of aliphatic carboxylic acids is 1. The number of carboxylic acid groups (broad SMARTS) is 1. The Morgan fingerprint density at radius 3 is 1.74 bits per heavy atom. The van der Waals surface area contributed by atoms with Gasteiger partial charge >= 0.3 is 11.9 Å². The number of thiazole rings is 1. The van der Waals surface area contributed by atoms with E-state index >= 15 is 0 Å². The predicted octanol–water partition coefficient (Wildman–Crippen LogP) is -0.360. The van der Waals surface area contributed by atoms with E-state index in [0.29, 0.717) is 56.4 Å². The van der Waals surface area contributed by atoms with Crippen LogP contribution in [-0.2, 0) is 97.2 Å². The second-order valence-corrected chi connectivity index (χ2v) is 30.2. The molecule has 2 aromatic rings. The van der Waals surface area contributed by atoms with Crippen molar-refractivity contribution in [3.63, 3.8) is 0 Å². The Labute approximate surface area is 682 Å². The number of amides is 13. The van der Waals surface area contributed by atoms with Crippen LogP contribution >= 0.6 is 11.3 Å². The van der Waals surface area contributed by atoms with Gasteiger partial charge in [-0.15, -0.1) is 11.3 Å². The van der Waals surface area contributed by atoms with Gasteiger partial charge in [-0.1, -0.05) is 54.0 Å². The number of rotatable bonds is 58. The van der Waals surface area contributed by atoms with Crippen LogP contribution in [0, 0.1) is 17.8 Å². The van der Waals surface area contributed by atoms with Gasteiger partial charge in [0.15, 0.2) is 6.10 Å². The number of benzene rings is 1. The number of aromatic nitrogens is 1. The van der Waals surface area contributed by atoms with Gasteiger partial charge in [-0.2, -0.15) is 0 Å². The molecule has 0 saturated carbocycles. The summed E-state index contributed by atoms with van der Waals surface area (Å²) < 4.78 is 27.6. The highest BCUT2D eigenvalue weighted by Gasteiger charge is 2.40. The van der Waals surface area contributed by atoms with Gasteiger partial charge in [0.1, 0.15) is 47.2 Å². The molecule has 1 aromatic heterocycles. The van der Waals surface area contributed by atoms with Gasteiger partial charge < -0.3 is 102 Å². The minimum Gasteiger partial charge on any atom is -0.506 e. The molecule has 0 fully saturated rings. The molecule has 3 rings (SSSR count). The maximum Gasteiger partial charge on any atom is 0.303 e. The van der Waals surface area contributed by atoms with Gasteiger partial charge in [0, 0.05) is 115 Å². The number of carbonyl (C=O) groups is 15. The molecule has 650 valence electrons. The summed E-state index contributed by atoms with van der Waals surface area (Å²) in [4.78, 5) is 210. The first kappa shape index (κ1) is 101. The number of carbonyl (C=O) groups excluding carboxylic acids is 14. The zero-order valence-corrected chi connectivity index (χ0v) is 70.4. The zero-order chi connectivity index (χ0) is 86.8. The average molecular weight is 1660 g/mol. The molecule has 0 radical (unpaired) electrons. The molecule has 8 atom stereocenters. The lowest BCUT2D eigenvalue weighted by Gasteiger charge is -2.38. The minimum atomic E-state index is -1.60. The lowest BCUT2D eigenvalue weighted by Crippen LogP contribution is -2.60. The van der Waals surface area contributed by atoms with Gasteiger partial charge in [0.05, 0.1) is 70.6 Å². The number of carboxylic acids is 1. The van der Waals surface area contributed by atoms with Gasteiger partial charge in [-0.05, 0) is 104 Å². The van der Waals surface area contributed by atoms with E-state index in [-0.39, 0.29) is 143 Å². The maximum absolute atomic E-state index is 14.4. The summed E-state index contributed by atoms with van der Waals surface area (Å²) in [5.74, 6) is -12.4. The van der Waals surface area contributed by atoms with Crippen molar-refractivity contribution in [2.24, 2.45) is 17.8 Å². The van der Waals surface area contributed by atoms with Crippen LogP contribution in [0.1, 0.15) is 148 Å². The van der Waals surface area contributed by atoms with Crippen LogP contribution in [0.15, 0.2) is 35.7 Å². The highest BCUT2D eigenvalue weighted by Crippen LogP contribution is 2.32. The molecule has 2 heterocycles. The summed E-state index contributed by atoms with van der Waals surface area (Å²) in [6.07, 6.45) is 0.117. The number of hydrogen-bond acceptors (Lipinski definition) is 26. The lowest BCUT2D eigenvalue weighted by atomic mass is 9.92. The van der Waals surface area contributed by atoms with Crippen LogP contribution in [0.2, 0.25) is 0 Å². The monoisotopic (exact) mass is 1660 g/mol. The van der Waals surface area contributed by atoms with Crippen molar-refractivity contribution >= 4 is 106 Å². The van der Waals surface area contributed by atoms with Crippen LogP contribution in [-0.4, -0.2) is 306 Å². The molecule has 38 nitrogen and oxygen atoms in total. The van der Waals surface area contributed by atoms with E-state index in [2.05, 4.69) is 63.5 Å². The number of phenols is 1. The van der Waals surface area contributed by atoms with Crippen molar-refractivity contribution in [3.05, 3.63) is 52.0 Å². The fourth-order valence-electron chi connectivity index (χ4n) is 11.4. The molecule has 0 spiro atoms. The quantitative estimate of drug-likeness (QED) is 0.0174. The van der Waals surface area contributed by atoms with E-state index in [1.165, 1.54) is 42.3 Å². The molecule has 0 bridgehead atoms. The molecule has 13 N–H and O–H groups in total. The number of aromatic hydroxyl groups is 1. The maximum atomic E-state index is 14.4. The number of anilines is 1. The molecule has 0 aliphatic carbocycles. The summed E-state index contributed by atoms with van der Waals surface area (Å²) in [5, 5.41) is 51.9. The van der Waals surface area contributed by atoms with Crippen LogP contribution < -0.4 is 58.5 Å². The van der Waals surface area contributed by atoms with E-state index in [4.69, 9.17) is 23.7 Å². The third-order valence-electron chi connectivity index (χ3n) is 19.1. The minimum absolute atomic E-state index is 0.00391. The van der Waals surface area contributed by atoms with Gasteiger partial charge in [-0.3, -0.25) is 81.7 Å². The highest BCUT2D eigenvalue weighted by atomic mass is 32.1. The topological polar surface area (TPSA) is 501 Å². The van der Waals surface area contributed by atoms with Crippen molar-refractivity contribution in [2.75, 3.05) is 146 Å². The summed E-state index contributed by atoms with van der Waals surface area (Å²) in [7, 11) is 8.74. The smallest absolute Gasteiger partial charge is 0.303 e. The number of nitrogens with zero attached hydrogens (tertiary/aromatic N) is 5. The molecule has 1 aliphatic rings. The van der Waals surface area contributed by atoms with Gasteiger partial charge in [-0.25, -0.2) is 4.98 Å². The third kappa shape index (κ3) is 36.7. The summed E-state index contributed by atoms with van der Waals surface area (Å²) in [6.45, 7) is 18.6. The molecule has 13 amide bonds. The van der Waals surface area contributed by atoms with E-state index in [0.717, 1.165) is 23.5 Å². The second-order valence-electron chi connectivity index (χ2n) is 29.3. The molecule has 116 heavy (non-hydrogen) atoms. The van der Waals surface area contributed by atoms with Crippen molar-refractivity contribution in [2.45, 2.75) is 175 Å². The van der Waals surface area contributed by atoms with Crippen LogP contribution in [0.5, 0.6) is 5.75 Å². The number of nitrogens with one attached hydrogen (secondary N) is 11. The van der Waals surface area contributed by atoms with Crippen molar-refractivity contribution in [1.29, 1.82) is 0 Å². The highest BCUT2D eigenvalue weighted by molar-refractivity contribution is 7.09. The second kappa shape index (κ2) is 52.8. The van der Waals surface area contributed by atoms with Crippen molar-refractivity contribution in [3.8, 4) is 5.75 Å². The lowest BCUT2D eigenvalue weighted by molar-refractivity contribution is -0.149. The summed E-state index contributed by atoms with van der Waals surface area (Å²) >= 11 is 1.03. The SMILES string of the molecule is CC[C@H](C)[C@H](NC(=O)C(C)(C)N(C)C)C(=O)N(C)[C@H](C[C@@H](OC(C)=O)c1nc(C(=O)N[C@H](CCC(=O)O)Cc2ccc(O)c(NC(=O)CNC(=O)[C@H](C)NC(=O)[C@@H](NC(=O)[C@H](CCC(=O)N(CCNC(=O)CCOCCOCCNC)CCNC(=O)CCOCCOCCNC)NC(=O)CN3C(=O)C=CC3=O)C(C)C)c2)cs1)C(C)C. The molecule has 39 heteroatoms. The van der Waals surface area contributed by atoms with E-state index in [9.17, 15) is 82.1 Å². The van der Waals surface area contributed by atoms with Crippen LogP contribution in [0.25, 0.3) is 0 Å². The van der Waals surface area contributed by atoms with E-state index < -0.39 is 151 Å². The number of imide groups is 1. The average Bonchev–Trinajstić information content (AvgIpc) is 1.28. The predicted molar refractivity (Wildman–Crippen MR) is 428 cm³/mol. The Morgan fingerprint density at radius 1 is 0.638 bits per heavy atom. The number of ether oxygens (including phenoxy) is 5. The Bertz CT molecular complexity index is 3560. The molecular weight excluding hydrogens is 1530 g/mol. The van der Waals surface area contributed by atoms with E-state index in [1.807, 2.05) is 27.7 Å². The Hall–Kier alpha value is -9.64. The number of hydrogen-bond donors (Lipinski definition) is 13. The fourth-order valence-corrected chi connectivity index (χ4v) is 12.2. The van der Waals surface area contributed by atoms with Crippen molar-refractivity contribution in [1.82, 2.24) is 77.8 Å². The third-order valence-corrected chi connectivity index (χ3v) is 20.0. The number of phenolic OH excluding ortho intramolecular Hbond substituents is 1. The zero-order valence-electron chi connectivity index (χ0n) is 69.6. The summed E-state index contributed by atoms with van der Waals surface area (Å²) in [6, 6.07) is -2.62. The van der Waals surface area contributed by atoms with Gasteiger partial charge in [0.25, 0.3) is 17.7 Å². The molecule has 1 aromatic carbocycles. The largest absolute Gasteiger partial charge is 0.506 e. The molecule has 1 aliphatic heterocycles. The first-order valence-corrected chi connectivity index (χ1v) is 39.9.